The second-order valence-electron chi connectivity index (χ2n) is 13.5. The van der Waals surface area contributed by atoms with E-state index >= 15 is 0 Å². The zero-order valence-electron chi connectivity index (χ0n) is 30.7. The Morgan fingerprint density at radius 1 is 0.887 bits per heavy atom. The van der Waals surface area contributed by atoms with Gasteiger partial charge in [-0.2, -0.15) is 0 Å². The Balaban J connectivity index is 1.42. The van der Waals surface area contributed by atoms with E-state index in [-0.39, 0.29) is 30.7 Å². The Labute approximate surface area is 310 Å². The molecule has 1 unspecified atom stereocenters. The first-order valence-electron chi connectivity index (χ1n) is 18.1. The number of nitrogens with zero attached hydrogens (tertiary/aromatic N) is 2. The van der Waals surface area contributed by atoms with Crippen LogP contribution in [0.25, 0.3) is 10.9 Å². The lowest BCUT2D eigenvalue weighted by Crippen LogP contribution is -2.58. The van der Waals surface area contributed by atoms with Crippen LogP contribution < -0.4 is 26.0 Å². The number of aromatic nitrogens is 1. The number of nitrogens with one attached hydrogen (secondary N) is 4. The Hall–Kier alpha value is -5.78. The van der Waals surface area contributed by atoms with Crippen LogP contribution in [0.4, 0.5) is 0 Å². The summed E-state index contributed by atoms with van der Waals surface area (Å²) in [5.74, 6) is -1.67. The molecule has 0 saturated carbocycles. The van der Waals surface area contributed by atoms with E-state index in [1.807, 2.05) is 38.1 Å². The number of amides is 5. The lowest BCUT2D eigenvalue weighted by molar-refractivity contribution is -0.132. The standard InChI is InChI=1S/C41H48N6O6/c1-5-26(2)35-40(51)45-34(24-28-15-19-32(53-4)20-16-28)39(50)44-27(3)37(48)43-21-6-7-23-47(25-29-13-17-31(18-14-29)38(49)46-35)41(52)33-12-8-10-30-11-9-22-42-36(30)33/h8-20,22,26-27,34-35H,5-7,21,23-25H2,1-4H3,(H,43,48)(H,44,50)(H,45,51)(H,46,49)/t26-,27+,34-,35?/m0/s1. The Bertz CT molecular complexity index is 1910. The summed E-state index contributed by atoms with van der Waals surface area (Å²) in [7, 11) is 1.56. The minimum atomic E-state index is -1.04. The molecule has 1 aromatic heterocycles. The monoisotopic (exact) mass is 720 g/mol. The number of ether oxygens (including phenoxy) is 1. The van der Waals surface area contributed by atoms with E-state index in [0.717, 1.165) is 16.5 Å². The number of hydrogen-bond donors (Lipinski definition) is 4. The van der Waals surface area contributed by atoms with Gasteiger partial charge in [-0.3, -0.25) is 29.0 Å². The van der Waals surface area contributed by atoms with Crippen LogP contribution in [-0.4, -0.2) is 77.7 Å². The number of rotatable bonds is 6. The smallest absolute Gasteiger partial charge is 0.256 e. The summed E-state index contributed by atoms with van der Waals surface area (Å²) in [6.07, 6.45) is 3.56. The van der Waals surface area contributed by atoms with E-state index in [0.29, 0.717) is 54.7 Å². The quantitative estimate of drug-likeness (QED) is 0.218. The minimum absolute atomic E-state index is 0.141. The predicted octanol–water partition coefficient (Wildman–Crippen LogP) is 4.17. The molecule has 6 rings (SSSR count). The van der Waals surface area contributed by atoms with Crippen LogP contribution in [0.3, 0.4) is 0 Å². The van der Waals surface area contributed by atoms with Crippen LogP contribution >= 0.6 is 0 Å². The van der Waals surface area contributed by atoms with Gasteiger partial charge in [-0.25, -0.2) is 0 Å². The molecule has 12 nitrogen and oxygen atoms in total. The Morgan fingerprint density at radius 2 is 1.62 bits per heavy atom. The fourth-order valence-electron chi connectivity index (χ4n) is 6.25. The number of methoxy groups -OCH3 is 1. The highest BCUT2D eigenvalue weighted by molar-refractivity contribution is 6.05. The van der Waals surface area contributed by atoms with Crippen molar-refractivity contribution in [1.29, 1.82) is 0 Å². The highest BCUT2D eigenvalue weighted by atomic mass is 16.5. The van der Waals surface area contributed by atoms with Crippen molar-refractivity contribution >= 4 is 40.4 Å². The van der Waals surface area contributed by atoms with Gasteiger partial charge in [-0.15, -0.1) is 0 Å². The van der Waals surface area contributed by atoms with Gasteiger partial charge in [0, 0.05) is 43.2 Å². The average Bonchev–Trinajstić information content (AvgIpc) is 3.18. The summed E-state index contributed by atoms with van der Waals surface area (Å²) in [4.78, 5) is 74.5. The number of hydrogen-bond acceptors (Lipinski definition) is 7. The average molecular weight is 721 g/mol. The van der Waals surface area contributed by atoms with E-state index in [4.69, 9.17) is 4.74 Å². The fraction of sp³-hybridized carbons (Fsp3) is 0.366. The van der Waals surface area contributed by atoms with Crippen molar-refractivity contribution in [3.63, 3.8) is 0 Å². The molecule has 0 spiro atoms. The van der Waals surface area contributed by atoms with Crippen LogP contribution in [-0.2, 0) is 27.3 Å². The number of pyridine rings is 1. The highest BCUT2D eigenvalue weighted by Gasteiger charge is 2.31. The molecule has 53 heavy (non-hydrogen) atoms. The Morgan fingerprint density at radius 3 is 2.34 bits per heavy atom. The van der Waals surface area contributed by atoms with Gasteiger partial charge in [0.05, 0.1) is 18.2 Å². The maximum atomic E-state index is 14.0. The van der Waals surface area contributed by atoms with Gasteiger partial charge in [-0.05, 0) is 73.2 Å². The fourth-order valence-corrected chi connectivity index (χ4v) is 6.25. The van der Waals surface area contributed by atoms with Crippen LogP contribution in [0.1, 0.15) is 71.9 Å². The summed E-state index contributed by atoms with van der Waals surface area (Å²) < 4.78 is 5.26. The molecule has 0 aliphatic carbocycles. The van der Waals surface area contributed by atoms with E-state index in [1.54, 1.807) is 79.7 Å². The summed E-state index contributed by atoms with van der Waals surface area (Å²) in [6.45, 7) is 6.39. The molecule has 0 radical (unpaired) electrons. The number of carbonyl (C=O) groups excluding carboxylic acids is 5. The molecular weight excluding hydrogens is 672 g/mol. The number of para-hydroxylation sites is 1. The molecular formula is C41H48N6O6. The zero-order valence-corrected chi connectivity index (χ0v) is 30.7. The second kappa shape index (κ2) is 18.1. The van der Waals surface area contributed by atoms with Crippen molar-refractivity contribution in [2.75, 3.05) is 20.2 Å². The molecule has 5 amide bonds. The van der Waals surface area contributed by atoms with Crippen LogP contribution in [0.5, 0.6) is 5.75 Å². The van der Waals surface area contributed by atoms with Crippen LogP contribution in [0.2, 0.25) is 0 Å². The molecule has 12 heteroatoms. The van der Waals surface area contributed by atoms with E-state index in [1.165, 1.54) is 0 Å². The largest absolute Gasteiger partial charge is 0.497 e. The molecule has 3 aromatic carbocycles. The zero-order chi connectivity index (χ0) is 37.9. The highest BCUT2D eigenvalue weighted by Crippen LogP contribution is 2.20. The Kier molecular flexibility index (Phi) is 13.1. The first kappa shape index (κ1) is 38.5. The number of benzene rings is 3. The van der Waals surface area contributed by atoms with Gasteiger partial charge in [0.1, 0.15) is 23.9 Å². The van der Waals surface area contributed by atoms with Crippen molar-refractivity contribution in [3.8, 4) is 5.75 Å². The van der Waals surface area contributed by atoms with Crippen molar-refractivity contribution in [3.05, 3.63) is 107 Å². The third kappa shape index (κ3) is 9.97. The maximum Gasteiger partial charge on any atom is 0.256 e. The van der Waals surface area contributed by atoms with Crippen molar-refractivity contribution in [2.24, 2.45) is 5.92 Å². The SMILES string of the molecule is CC[C@H](C)C1NC(=O)c2ccc(cc2)CN(C(=O)c2cccc3cccnc23)CCCCNC(=O)[C@@H](C)NC(=O)[C@H](Cc2ccc(OC)cc2)NC1=O. The molecule has 2 aliphatic rings. The number of carbonyl (C=O) groups is 5. The molecule has 4 N–H and O–H groups in total. The second-order valence-corrected chi connectivity index (χ2v) is 13.5. The van der Waals surface area contributed by atoms with Gasteiger partial charge in [0.15, 0.2) is 0 Å². The van der Waals surface area contributed by atoms with E-state index < -0.39 is 35.8 Å². The molecule has 278 valence electrons. The molecule has 0 fully saturated rings. The molecule has 3 heterocycles. The molecule has 2 bridgehead atoms. The summed E-state index contributed by atoms with van der Waals surface area (Å²) in [5, 5.41) is 12.2. The first-order valence-corrected chi connectivity index (χ1v) is 18.1. The lowest BCUT2D eigenvalue weighted by atomic mass is 9.96. The summed E-state index contributed by atoms with van der Waals surface area (Å²) in [5.41, 5.74) is 3.04. The number of fused-ring (bicyclic) bond motifs is 19. The van der Waals surface area contributed by atoms with Crippen molar-refractivity contribution in [1.82, 2.24) is 31.2 Å². The maximum absolute atomic E-state index is 14.0. The van der Waals surface area contributed by atoms with Gasteiger partial charge < -0.3 is 30.9 Å². The van der Waals surface area contributed by atoms with E-state index in [2.05, 4.69) is 26.3 Å². The summed E-state index contributed by atoms with van der Waals surface area (Å²) >= 11 is 0. The first-order chi connectivity index (χ1) is 25.6. The van der Waals surface area contributed by atoms with Gasteiger partial charge in [-0.1, -0.05) is 62.7 Å². The van der Waals surface area contributed by atoms with Crippen molar-refractivity contribution in [2.45, 2.75) is 71.1 Å². The topological polar surface area (TPSA) is 159 Å². The molecule has 4 aromatic rings. The van der Waals surface area contributed by atoms with Crippen LogP contribution in [0, 0.1) is 5.92 Å². The molecule has 2 aliphatic heterocycles. The van der Waals surface area contributed by atoms with Gasteiger partial charge in [0.2, 0.25) is 17.7 Å². The van der Waals surface area contributed by atoms with Crippen LogP contribution in [0.15, 0.2) is 85.1 Å². The van der Waals surface area contributed by atoms with Gasteiger partial charge in [0.25, 0.3) is 11.8 Å². The third-order valence-electron chi connectivity index (χ3n) is 9.66. The normalized spacial score (nSPS) is 20.0. The summed E-state index contributed by atoms with van der Waals surface area (Å²) in [6, 6.07) is 20.5. The lowest BCUT2D eigenvalue weighted by Gasteiger charge is -2.27. The predicted molar refractivity (Wildman–Crippen MR) is 202 cm³/mol. The third-order valence-corrected chi connectivity index (χ3v) is 9.66. The minimum Gasteiger partial charge on any atom is -0.497 e. The van der Waals surface area contributed by atoms with Crippen molar-refractivity contribution < 1.29 is 28.7 Å². The molecule has 0 saturated heterocycles. The van der Waals surface area contributed by atoms with Gasteiger partial charge >= 0.3 is 0 Å². The van der Waals surface area contributed by atoms with E-state index in [9.17, 15) is 24.0 Å². The molecule has 4 atom stereocenters.